The molecular formula is C26H29N3O5S. The van der Waals surface area contributed by atoms with Crippen molar-refractivity contribution in [2.75, 3.05) is 17.2 Å². The average Bonchev–Trinajstić information content (AvgIpc) is 2.81. The minimum Gasteiger partial charge on any atom is -0.504 e. The fourth-order valence-electron chi connectivity index (χ4n) is 3.32. The molecule has 0 aliphatic rings. The van der Waals surface area contributed by atoms with Gasteiger partial charge in [-0.2, -0.15) is 5.10 Å². The average molecular weight is 496 g/mol. The number of benzene rings is 3. The second-order valence-corrected chi connectivity index (χ2v) is 10.0. The van der Waals surface area contributed by atoms with Crippen molar-refractivity contribution in [2.45, 2.75) is 27.3 Å². The van der Waals surface area contributed by atoms with Crippen LogP contribution in [0.4, 0.5) is 5.69 Å². The molecule has 3 rings (SSSR count). The Kier molecular flexibility index (Phi) is 8.14. The molecule has 2 N–H and O–H groups in total. The van der Waals surface area contributed by atoms with Gasteiger partial charge >= 0.3 is 0 Å². The van der Waals surface area contributed by atoms with Crippen LogP contribution >= 0.6 is 0 Å². The minimum absolute atomic E-state index is 0.0278. The van der Waals surface area contributed by atoms with E-state index in [9.17, 15) is 18.3 Å². The number of phenolic OH excluding ortho intramolecular Hbond substituents is 1. The summed E-state index contributed by atoms with van der Waals surface area (Å²) >= 11 is 0. The Hall–Kier alpha value is -3.85. The molecule has 0 heterocycles. The van der Waals surface area contributed by atoms with Crippen LogP contribution in [0, 0.1) is 13.8 Å². The molecule has 0 radical (unpaired) electrons. The first kappa shape index (κ1) is 25.8. The molecule has 8 nitrogen and oxygen atoms in total. The number of sulfonamides is 1. The van der Waals surface area contributed by atoms with Crippen molar-refractivity contribution >= 4 is 27.8 Å². The first-order chi connectivity index (χ1) is 16.6. The van der Waals surface area contributed by atoms with E-state index in [1.807, 2.05) is 32.9 Å². The Morgan fingerprint density at radius 2 is 1.77 bits per heavy atom. The van der Waals surface area contributed by atoms with Gasteiger partial charge in [-0.1, -0.05) is 18.2 Å². The van der Waals surface area contributed by atoms with Gasteiger partial charge in [0, 0.05) is 5.56 Å². The number of rotatable bonds is 9. The fourth-order valence-corrected chi connectivity index (χ4v) is 4.20. The molecule has 0 aromatic heterocycles. The first-order valence-electron chi connectivity index (χ1n) is 11.0. The number of hydrogen-bond donors (Lipinski definition) is 2. The standard InChI is InChI=1S/C26H29N3O5S/c1-5-34-25-15-21(9-13-24(25)30)16-27-28-26(31)22-10-7-20(8-11-22)17-29(35(4,32)33)23-12-6-18(2)19(3)14-23/h6-16,30H,5,17H2,1-4H3,(H,28,31)/b27-16-. The second-order valence-electron chi connectivity index (χ2n) is 8.09. The third-order valence-electron chi connectivity index (χ3n) is 5.38. The van der Waals surface area contributed by atoms with Gasteiger partial charge < -0.3 is 9.84 Å². The van der Waals surface area contributed by atoms with Gasteiger partial charge in [-0.05, 0) is 85.5 Å². The highest BCUT2D eigenvalue weighted by atomic mass is 32.2. The summed E-state index contributed by atoms with van der Waals surface area (Å²) in [7, 11) is -3.51. The first-order valence-corrected chi connectivity index (χ1v) is 12.9. The molecule has 3 aromatic carbocycles. The zero-order valence-corrected chi connectivity index (χ0v) is 21.0. The summed E-state index contributed by atoms with van der Waals surface area (Å²) in [6, 6.07) is 17.0. The van der Waals surface area contributed by atoms with Crippen molar-refractivity contribution < 1.29 is 23.1 Å². The molecule has 0 bridgehead atoms. The molecule has 184 valence electrons. The predicted octanol–water partition coefficient (Wildman–Crippen LogP) is 4.14. The zero-order chi connectivity index (χ0) is 25.6. The molecular weight excluding hydrogens is 466 g/mol. The van der Waals surface area contributed by atoms with Crippen LogP contribution in [0.15, 0.2) is 65.8 Å². The van der Waals surface area contributed by atoms with Crippen LogP contribution < -0.4 is 14.5 Å². The molecule has 0 aliphatic carbocycles. The molecule has 0 saturated heterocycles. The lowest BCUT2D eigenvalue weighted by Gasteiger charge is -2.23. The lowest BCUT2D eigenvalue weighted by atomic mass is 10.1. The Bertz CT molecular complexity index is 1340. The number of phenols is 1. The highest BCUT2D eigenvalue weighted by Crippen LogP contribution is 2.26. The van der Waals surface area contributed by atoms with Gasteiger partial charge in [-0.25, -0.2) is 13.8 Å². The number of hydrogen-bond acceptors (Lipinski definition) is 6. The second kappa shape index (κ2) is 11.1. The molecule has 35 heavy (non-hydrogen) atoms. The SMILES string of the molecule is CCOc1cc(/C=N\NC(=O)c2ccc(CN(c3ccc(C)c(C)c3)S(C)(=O)=O)cc2)ccc1O. The molecule has 0 saturated carbocycles. The van der Waals surface area contributed by atoms with Crippen LogP contribution in [0.5, 0.6) is 11.5 Å². The van der Waals surface area contributed by atoms with Gasteiger partial charge in [0.1, 0.15) is 0 Å². The van der Waals surface area contributed by atoms with Crippen LogP contribution in [0.1, 0.15) is 39.5 Å². The predicted molar refractivity (Wildman–Crippen MR) is 138 cm³/mol. The Morgan fingerprint density at radius 3 is 2.40 bits per heavy atom. The number of nitrogens with zero attached hydrogens (tertiary/aromatic N) is 2. The number of aryl methyl sites for hydroxylation is 2. The number of nitrogens with one attached hydrogen (secondary N) is 1. The summed E-state index contributed by atoms with van der Waals surface area (Å²) in [5, 5.41) is 13.7. The summed E-state index contributed by atoms with van der Waals surface area (Å²) < 4.78 is 31.6. The van der Waals surface area contributed by atoms with Gasteiger partial charge in [0.25, 0.3) is 5.91 Å². The fraction of sp³-hybridized carbons (Fsp3) is 0.231. The van der Waals surface area contributed by atoms with Gasteiger partial charge in [0.2, 0.25) is 10.0 Å². The third kappa shape index (κ3) is 6.83. The molecule has 0 unspecified atom stereocenters. The Labute approximate surface area is 205 Å². The molecule has 0 aliphatic heterocycles. The van der Waals surface area contributed by atoms with Crippen LogP contribution in [0.3, 0.4) is 0 Å². The number of anilines is 1. The summed E-state index contributed by atoms with van der Waals surface area (Å²) in [5.41, 5.74) is 6.90. The van der Waals surface area contributed by atoms with E-state index in [1.165, 1.54) is 22.8 Å². The van der Waals surface area contributed by atoms with Crippen molar-refractivity contribution in [3.63, 3.8) is 0 Å². The quantitative estimate of drug-likeness (QED) is 0.343. The number of aromatic hydroxyl groups is 1. The lowest BCUT2D eigenvalue weighted by molar-refractivity contribution is 0.0955. The largest absolute Gasteiger partial charge is 0.504 e. The molecule has 0 fully saturated rings. The maximum Gasteiger partial charge on any atom is 0.271 e. The van der Waals surface area contributed by atoms with E-state index >= 15 is 0 Å². The van der Waals surface area contributed by atoms with Crippen molar-refractivity contribution in [2.24, 2.45) is 5.10 Å². The summed E-state index contributed by atoms with van der Waals surface area (Å²) in [6.45, 7) is 6.28. The van der Waals surface area contributed by atoms with E-state index in [0.717, 1.165) is 16.7 Å². The maximum absolute atomic E-state index is 12.4. The molecule has 0 atom stereocenters. The van der Waals surface area contributed by atoms with E-state index in [1.54, 1.807) is 42.5 Å². The van der Waals surface area contributed by atoms with Gasteiger partial charge in [-0.3, -0.25) is 9.10 Å². The van der Waals surface area contributed by atoms with Crippen molar-refractivity contribution in [1.29, 1.82) is 0 Å². The minimum atomic E-state index is -3.51. The molecule has 1 amide bonds. The Morgan fingerprint density at radius 1 is 1.06 bits per heavy atom. The molecule has 3 aromatic rings. The van der Waals surface area contributed by atoms with Crippen LogP contribution in [-0.2, 0) is 16.6 Å². The topological polar surface area (TPSA) is 108 Å². The van der Waals surface area contributed by atoms with Crippen LogP contribution in [0.2, 0.25) is 0 Å². The zero-order valence-electron chi connectivity index (χ0n) is 20.1. The number of hydrazone groups is 1. The number of carbonyl (C=O) groups is 1. The van der Waals surface area contributed by atoms with Gasteiger partial charge in [0.15, 0.2) is 11.5 Å². The highest BCUT2D eigenvalue weighted by Gasteiger charge is 2.18. The van der Waals surface area contributed by atoms with Crippen molar-refractivity contribution in [1.82, 2.24) is 5.43 Å². The van der Waals surface area contributed by atoms with E-state index < -0.39 is 15.9 Å². The van der Waals surface area contributed by atoms with E-state index in [0.29, 0.717) is 29.2 Å². The van der Waals surface area contributed by atoms with Crippen molar-refractivity contribution in [3.05, 3.63) is 88.5 Å². The van der Waals surface area contributed by atoms with E-state index in [2.05, 4.69) is 10.5 Å². The Balaban J connectivity index is 1.68. The number of amides is 1. The molecule has 9 heteroatoms. The smallest absolute Gasteiger partial charge is 0.271 e. The highest BCUT2D eigenvalue weighted by molar-refractivity contribution is 7.92. The third-order valence-corrected chi connectivity index (χ3v) is 6.53. The maximum atomic E-state index is 12.4. The van der Waals surface area contributed by atoms with E-state index in [-0.39, 0.29) is 12.3 Å². The van der Waals surface area contributed by atoms with E-state index in [4.69, 9.17) is 4.74 Å². The summed E-state index contributed by atoms with van der Waals surface area (Å²) in [4.78, 5) is 12.4. The molecule has 0 spiro atoms. The summed E-state index contributed by atoms with van der Waals surface area (Å²) in [5.74, 6) is -0.0480. The van der Waals surface area contributed by atoms with Crippen LogP contribution in [0.25, 0.3) is 0 Å². The number of ether oxygens (including phenoxy) is 1. The van der Waals surface area contributed by atoms with Gasteiger partial charge in [-0.15, -0.1) is 0 Å². The monoisotopic (exact) mass is 495 g/mol. The summed E-state index contributed by atoms with van der Waals surface area (Å²) in [6.07, 6.45) is 2.62. The van der Waals surface area contributed by atoms with Gasteiger partial charge in [0.05, 0.1) is 31.3 Å². The van der Waals surface area contributed by atoms with Crippen LogP contribution in [-0.4, -0.2) is 38.5 Å². The van der Waals surface area contributed by atoms with Crippen molar-refractivity contribution in [3.8, 4) is 11.5 Å². The lowest BCUT2D eigenvalue weighted by Crippen LogP contribution is -2.29. The number of carbonyl (C=O) groups excluding carboxylic acids is 1. The normalized spacial score (nSPS) is 11.4.